The number of benzene rings is 4. The van der Waals surface area contributed by atoms with Gasteiger partial charge >= 0.3 is 11.9 Å². The van der Waals surface area contributed by atoms with Gasteiger partial charge in [-0.05, 0) is 23.3 Å². The van der Waals surface area contributed by atoms with E-state index in [4.69, 9.17) is 4.74 Å². The summed E-state index contributed by atoms with van der Waals surface area (Å²) in [4.78, 5) is 51.8. The van der Waals surface area contributed by atoms with Gasteiger partial charge in [0, 0.05) is 11.1 Å². The SMILES string of the molecule is O=C(OC(=O)c1ccccc1C(=O)C(O)c1ccccc1)c1ccccc1C(=O)C(O)c1ccccc1. The van der Waals surface area contributed by atoms with Gasteiger partial charge in [-0.25, -0.2) is 9.59 Å². The van der Waals surface area contributed by atoms with Gasteiger partial charge in [-0.2, -0.15) is 0 Å². The molecule has 0 heterocycles. The fourth-order valence-electron chi connectivity index (χ4n) is 3.81. The Kier molecular flexibility index (Phi) is 7.78. The normalized spacial score (nSPS) is 12.3. The number of ether oxygens (including phenoxy) is 1. The summed E-state index contributed by atoms with van der Waals surface area (Å²) in [6.45, 7) is 0. The Morgan fingerprint density at radius 2 is 0.757 bits per heavy atom. The van der Waals surface area contributed by atoms with Gasteiger partial charge in [0.1, 0.15) is 12.2 Å². The average Bonchev–Trinajstić information content (AvgIpc) is 2.96. The highest BCUT2D eigenvalue weighted by Crippen LogP contribution is 2.24. The number of aliphatic hydroxyl groups excluding tert-OH is 2. The maximum atomic E-state index is 13.0. The van der Waals surface area contributed by atoms with Crippen LogP contribution in [0.5, 0.6) is 0 Å². The largest absolute Gasteiger partial charge is 0.386 e. The van der Waals surface area contributed by atoms with E-state index in [2.05, 4.69) is 0 Å². The molecule has 2 atom stereocenters. The Labute approximate surface area is 212 Å². The Balaban J connectivity index is 1.57. The van der Waals surface area contributed by atoms with E-state index in [1.54, 1.807) is 60.7 Å². The lowest BCUT2D eigenvalue weighted by Gasteiger charge is -2.14. The van der Waals surface area contributed by atoms with Gasteiger partial charge in [-0.3, -0.25) is 9.59 Å². The molecule has 2 N–H and O–H groups in total. The molecule has 0 radical (unpaired) electrons. The van der Waals surface area contributed by atoms with Crippen LogP contribution in [-0.2, 0) is 4.74 Å². The predicted octanol–water partition coefficient (Wildman–Crippen LogP) is 4.52. The van der Waals surface area contributed by atoms with Crippen LogP contribution in [-0.4, -0.2) is 33.7 Å². The number of Topliss-reactive ketones (excluding diaryl/α,β-unsaturated/α-hetero) is 2. The Morgan fingerprint density at radius 3 is 1.11 bits per heavy atom. The lowest BCUT2D eigenvalue weighted by molar-refractivity contribution is 0.0391. The van der Waals surface area contributed by atoms with Crippen molar-refractivity contribution in [3.8, 4) is 0 Å². The fraction of sp³-hybridized carbons (Fsp3) is 0.0667. The molecule has 4 aromatic rings. The third-order valence-electron chi connectivity index (χ3n) is 5.74. The molecule has 0 aliphatic heterocycles. The van der Waals surface area contributed by atoms with Crippen molar-refractivity contribution in [2.24, 2.45) is 0 Å². The molecule has 4 aromatic carbocycles. The van der Waals surface area contributed by atoms with Crippen molar-refractivity contribution in [3.05, 3.63) is 143 Å². The highest BCUT2D eigenvalue weighted by molar-refractivity contribution is 6.14. The summed E-state index contributed by atoms with van der Waals surface area (Å²) in [5.74, 6) is -3.74. The van der Waals surface area contributed by atoms with Gasteiger partial charge in [0.15, 0.2) is 11.6 Å². The minimum Gasteiger partial charge on any atom is -0.386 e. The lowest BCUT2D eigenvalue weighted by Crippen LogP contribution is -2.21. The molecule has 0 spiro atoms. The van der Waals surface area contributed by atoms with Crippen molar-refractivity contribution in [1.82, 2.24) is 0 Å². The third-order valence-corrected chi connectivity index (χ3v) is 5.74. The molecule has 4 rings (SSSR count). The number of ketones is 2. The molecular formula is C30H22O7. The maximum Gasteiger partial charge on any atom is 0.346 e. The van der Waals surface area contributed by atoms with Gasteiger partial charge in [0.2, 0.25) is 0 Å². The Bertz CT molecular complexity index is 1330. The molecule has 0 bridgehead atoms. The Morgan fingerprint density at radius 1 is 0.459 bits per heavy atom. The van der Waals surface area contributed by atoms with Crippen molar-refractivity contribution < 1.29 is 34.1 Å². The maximum absolute atomic E-state index is 13.0. The summed E-state index contributed by atoms with van der Waals surface area (Å²) in [5, 5.41) is 21.0. The van der Waals surface area contributed by atoms with Crippen molar-refractivity contribution in [3.63, 3.8) is 0 Å². The summed E-state index contributed by atoms with van der Waals surface area (Å²) in [6, 6.07) is 27.7. The second-order valence-corrected chi connectivity index (χ2v) is 8.12. The van der Waals surface area contributed by atoms with E-state index in [0.717, 1.165) is 0 Å². The smallest absolute Gasteiger partial charge is 0.346 e. The van der Waals surface area contributed by atoms with Crippen LogP contribution in [0.1, 0.15) is 64.8 Å². The van der Waals surface area contributed by atoms with Gasteiger partial charge in [0.05, 0.1) is 11.1 Å². The zero-order chi connectivity index (χ0) is 26.4. The molecule has 0 saturated carbocycles. The number of hydrogen-bond acceptors (Lipinski definition) is 7. The quantitative estimate of drug-likeness (QED) is 0.210. The summed E-state index contributed by atoms with van der Waals surface area (Å²) in [5.41, 5.74) is 0.00117. The first-order chi connectivity index (χ1) is 17.9. The van der Waals surface area contributed by atoms with Crippen LogP contribution in [0.25, 0.3) is 0 Å². The summed E-state index contributed by atoms with van der Waals surface area (Å²) >= 11 is 0. The van der Waals surface area contributed by atoms with Gasteiger partial charge in [-0.15, -0.1) is 0 Å². The molecule has 184 valence electrons. The minimum absolute atomic E-state index is 0.125. The molecule has 0 fully saturated rings. The molecule has 0 saturated heterocycles. The summed E-state index contributed by atoms with van der Waals surface area (Å²) < 4.78 is 5.03. The molecule has 0 amide bonds. The first-order valence-corrected chi connectivity index (χ1v) is 11.4. The van der Waals surface area contributed by atoms with Crippen molar-refractivity contribution in [2.45, 2.75) is 12.2 Å². The van der Waals surface area contributed by atoms with E-state index >= 15 is 0 Å². The molecule has 0 aliphatic carbocycles. The number of hydrogen-bond donors (Lipinski definition) is 2. The zero-order valence-corrected chi connectivity index (χ0v) is 19.5. The second kappa shape index (κ2) is 11.3. The molecular weight excluding hydrogens is 472 g/mol. The van der Waals surface area contributed by atoms with E-state index in [1.165, 1.54) is 48.5 Å². The Hall–Kier alpha value is -4.72. The number of carbonyl (C=O) groups is 4. The van der Waals surface area contributed by atoms with E-state index in [0.29, 0.717) is 11.1 Å². The van der Waals surface area contributed by atoms with Crippen molar-refractivity contribution in [2.75, 3.05) is 0 Å². The monoisotopic (exact) mass is 494 g/mol. The summed E-state index contributed by atoms with van der Waals surface area (Å²) in [6.07, 6.45) is -3.05. The molecule has 2 unspecified atom stereocenters. The minimum atomic E-state index is -1.52. The molecule has 37 heavy (non-hydrogen) atoms. The molecule has 7 nitrogen and oxygen atoms in total. The van der Waals surface area contributed by atoms with Gasteiger partial charge in [0.25, 0.3) is 0 Å². The number of carbonyl (C=O) groups excluding carboxylic acids is 4. The average molecular weight is 494 g/mol. The van der Waals surface area contributed by atoms with Crippen LogP contribution in [0.15, 0.2) is 109 Å². The number of esters is 2. The zero-order valence-electron chi connectivity index (χ0n) is 19.5. The van der Waals surface area contributed by atoms with Crippen molar-refractivity contribution in [1.29, 1.82) is 0 Å². The fourth-order valence-corrected chi connectivity index (χ4v) is 3.81. The van der Waals surface area contributed by atoms with E-state index in [1.807, 2.05) is 0 Å². The number of rotatable bonds is 8. The van der Waals surface area contributed by atoms with E-state index in [-0.39, 0.29) is 22.3 Å². The van der Waals surface area contributed by atoms with Crippen LogP contribution in [0, 0.1) is 0 Å². The summed E-state index contributed by atoms with van der Waals surface area (Å²) in [7, 11) is 0. The predicted molar refractivity (Wildman–Crippen MR) is 134 cm³/mol. The molecule has 0 aliphatic rings. The standard InChI is InChI=1S/C30H22O7/c31-25(19-11-3-1-4-12-19)27(33)21-15-7-9-17-23(21)29(35)37-30(36)24-18-10-8-16-22(24)28(34)26(32)20-13-5-2-6-14-20/h1-18,25-26,31-32H. The third kappa shape index (κ3) is 5.59. The first kappa shape index (κ1) is 25.4. The van der Waals surface area contributed by atoms with E-state index < -0.39 is 35.7 Å². The highest BCUT2D eigenvalue weighted by atomic mass is 16.6. The highest BCUT2D eigenvalue weighted by Gasteiger charge is 2.28. The van der Waals surface area contributed by atoms with Crippen LogP contribution in [0.4, 0.5) is 0 Å². The lowest BCUT2D eigenvalue weighted by atomic mass is 9.95. The first-order valence-electron chi connectivity index (χ1n) is 11.4. The second-order valence-electron chi connectivity index (χ2n) is 8.12. The topological polar surface area (TPSA) is 118 Å². The van der Waals surface area contributed by atoms with Crippen molar-refractivity contribution >= 4 is 23.5 Å². The van der Waals surface area contributed by atoms with Crippen LogP contribution < -0.4 is 0 Å². The van der Waals surface area contributed by atoms with Crippen LogP contribution in [0.3, 0.4) is 0 Å². The van der Waals surface area contributed by atoms with Gasteiger partial charge < -0.3 is 14.9 Å². The molecule has 7 heteroatoms. The van der Waals surface area contributed by atoms with Crippen LogP contribution >= 0.6 is 0 Å². The number of aliphatic hydroxyl groups is 2. The van der Waals surface area contributed by atoms with Crippen LogP contribution in [0.2, 0.25) is 0 Å². The van der Waals surface area contributed by atoms with Gasteiger partial charge in [-0.1, -0.05) is 97.1 Å². The van der Waals surface area contributed by atoms with E-state index in [9.17, 15) is 29.4 Å². The molecule has 0 aromatic heterocycles.